The molecule has 8 nitrogen and oxygen atoms in total. The molecule has 3 rings (SSSR count). The van der Waals surface area contributed by atoms with Crippen LogP contribution in [0.1, 0.15) is 37.8 Å². The average molecular weight is 501 g/mol. The SMILES string of the molecule is Cc1ncnc2c(OCCCCCCC(=O)Nc3ccccc3OC(N)=O)cc(Br)cc12. The normalized spacial score (nSPS) is 10.7. The van der Waals surface area contributed by atoms with Crippen molar-refractivity contribution in [2.24, 2.45) is 5.73 Å². The number of fused-ring (bicyclic) bond motifs is 1. The van der Waals surface area contributed by atoms with E-state index < -0.39 is 6.09 Å². The molecule has 0 radical (unpaired) electrons. The molecule has 0 aliphatic carbocycles. The number of benzene rings is 2. The molecule has 0 spiro atoms. The van der Waals surface area contributed by atoms with Crippen molar-refractivity contribution < 1.29 is 19.1 Å². The van der Waals surface area contributed by atoms with Crippen molar-refractivity contribution in [3.05, 3.63) is 52.9 Å². The molecule has 32 heavy (non-hydrogen) atoms. The van der Waals surface area contributed by atoms with Crippen LogP contribution in [-0.2, 0) is 4.79 Å². The Morgan fingerprint density at radius 1 is 1.06 bits per heavy atom. The summed E-state index contributed by atoms with van der Waals surface area (Å²) < 4.78 is 11.8. The number of amides is 2. The van der Waals surface area contributed by atoms with Gasteiger partial charge in [-0.3, -0.25) is 4.79 Å². The molecule has 0 saturated carbocycles. The topological polar surface area (TPSA) is 116 Å². The number of aryl methyl sites for hydroxylation is 1. The quantitative estimate of drug-likeness (QED) is 0.372. The maximum Gasteiger partial charge on any atom is 0.410 e. The summed E-state index contributed by atoms with van der Waals surface area (Å²) in [5.74, 6) is 0.819. The van der Waals surface area contributed by atoms with Crippen LogP contribution in [0.15, 0.2) is 47.2 Å². The number of aromatic nitrogens is 2. The molecule has 2 aromatic carbocycles. The van der Waals surface area contributed by atoms with Gasteiger partial charge < -0.3 is 20.5 Å². The number of hydrogen-bond donors (Lipinski definition) is 2. The van der Waals surface area contributed by atoms with Crippen molar-refractivity contribution in [1.82, 2.24) is 9.97 Å². The van der Waals surface area contributed by atoms with Crippen molar-refractivity contribution in [3.8, 4) is 11.5 Å². The summed E-state index contributed by atoms with van der Waals surface area (Å²) >= 11 is 3.51. The van der Waals surface area contributed by atoms with Crippen molar-refractivity contribution >= 4 is 44.5 Å². The number of nitrogens with two attached hydrogens (primary N) is 1. The van der Waals surface area contributed by atoms with Crippen LogP contribution in [-0.4, -0.2) is 28.6 Å². The predicted molar refractivity (Wildman–Crippen MR) is 126 cm³/mol. The molecular weight excluding hydrogens is 476 g/mol. The lowest BCUT2D eigenvalue weighted by Gasteiger charge is -2.11. The Balaban J connectivity index is 1.38. The van der Waals surface area contributed by atoms with Crippen LogP contribution in [0.2, 0.25) is 0 Å². The van der Waals surface area contributed by atoms with Crippen molar-refractivity contribution in [2.75, 3.05) is 11.9 Å². The lowest BCUT2D eigenvalue weighted by molar-refractivity contribution is -0.116. The zero-order chi connectivity index (χ0) is 22.9. The van der Waals surface area contributed by atoms with Gasteiger partial charge >= 0.3 is 6.09 Å². The average Bonchev–Trinajstić information content (AvgIpc) is 2.74. The van der Waals surface area contributed by atoms with E-state index >= 15 is 0 Å². The molecule has 0 atom stereocenters. The zero-order valence-corrected chi connectivity index (χ0v) is 19.4. The van der Waals surface area contributed by atoms with Crippen LogP contribution in [0.4, 0.5) is 10.5 Å². The number of ether oxygens (including phenoxy) is 2. The second-order valence-electron chi connectivity index (χ2n) is 7.24. The highest BCUT2D eigenvalue weighted by molar-refractivity contribution is 9.10. The van der Waals surface area contributed by atoms with Gasteiger partial charge in [0.2, 0.25) is 5.91 Å². The summed E-state index contributed by atoms with van der Waals surface area (Å²) in [5, 5.41) is 3.72. The predicted octanol–water partition coefficient (Wildman–Crippen LogP) is 5.13. The molecular formula is C23H25BrN4O4. The molecule has 2 amide bonds. The number of primary amides is 1. The fourth-order valence-electron chi connectivity index (χ4n) is 3.24. The minimum atomic E-state index is -0.924. The van der Waals surface area contributed by atoms with E-state index in [0.717, 1.165) is 52.5 Å². The molecule has 0 aliphatic rings. The standard InChI is InChI=1S/C23H25BrN4O4/c1-15-17-12-16(24)13-20(22(17)27-14-26-15)31-11-7-3-2-4-10-21(29)28-18-8-5-6-9-19(18)32-23(25)30/h5-6,8-9,12-14H,2-4,7,10-11H2,1H3,(H2,25,30)(H,28,29). The number of unbranched alkanes of at least 4 members (excludes halogenated alkanes) is 3. The number of carbonyl (C=O) groups is 2. The molecule has 168 valence electrons. The molecule has 1 aromatic heterocycles. The fourth-order valence-corrected chi connectivity index (χ4v) is 3.68. The van der Waals surface area contributed by atoms with Gasteiger partial charge in [0.05, 0.1) is 12.3 Å². The zero-order valence-electron chi connectivity index (χ0n) is 17.8. The summed E-state index contributed by atoms with van der Waals surface area (Å²) in [6.45, 7) is 2.51. The largest absolute Gasteiger partial charge is 0.491 e. The van der Waals surface area contributed by atoms with Gasteiger partial charge in [-0.15, -0.1) is 0 Å². The van der Waals surface area contributed by atoms with Crippen LogP contribution < -0.4 is 20.5 Å². The van der Waals surface area contributed by atoms with Crippen LogP contribution in [0.5, 0.6) is 11.5 Å². The number of rotatable bonds is 10. The molecule has 3 aromatic rings. The third-order valence-corrected chi connectivity index (χ3v) is 5.25. The number of nitrogens with zero attached hydrogens (tertiary/aromatic N) is 2. The summed E-state index contributed by atoms with van der Waals surface area (Å²) in [6.07, 6.45) is 4.45. The lowest BCUT2D eigenvalue weighted by atomic mass is 10.1. The summed E-state index contributed by atoms with van der Waals surface area (Å²) in [7, 11) is 0. The Kier molecular flexibility index (Phi) is 8.38. The molecule has 0 bridgehead atoms. The van der Waals surface area contributed by atoms with Gasteiger partial charge in [0.25, 0.3) is 0 Å². The van der Waals surface area contributed by atoms with E-state index in [1.54, 1.807) is 30.6 Å². The Hall–Kier alpha value is -3.20. The first kappa shape index (κ1) is 23.5. The fraction of sp³-hybridized carbons (Fsp3) is 0.304. The van der Waals surface area contributed by atoms with E-state index in [1.807, 2.05) is 19.1 Å². The monoisotopic (exact) mass is 500 g/mol. The van der Waals surface area contributed by atoms with Crippen molar-refractivity contribution in [2.45, 2.75) is 39.0 Å². The summed E-state index contributed by atoms with van der Waals surface area (Å²) in [5.41, 5.74) is 7.18. The number of para-hydroxylation sites is 2. The molecule has 0 aliphatic heterocycles. The third kappa shape index (κ3) is 6.65. The number of hydrogen-bond acceptors (Lipinski definition) is 6. The maximum atomic E-state index is 12.2. The van der Waals surface area contributed by atoms with Gasteiger partial charge in [0.15, 0.2) is 5.75 Å². The first-order chi connectivity index (χ1) is 15.4. The van der Waals surface area contributed by atoms with Gasteiger partial charge in [-0.2, -0.15) is 0 Å². The molecule has 1 heterocycles. The molecule has 0 unspecified atom stereocenters. The third-order valence-electron chi connectivity index (χ3n) is 4.80. The van der Waals surface area contributed by atoms with Crippen LogP contribution in [0, 0.1) is 6.92 Å². The van der Waals surface area contributed by atoms with E-state index in [9.17, 15) is 9.59 Å². The minimum absolute atomic E-state index is 0.141. The van der Waals surface area contributed by atoms with E-state index in [-0.39, 0.29) is 11.7 Å². The Morgan fingerprint density at radius 2 is 1.84 bits per heavy atom. The number of carbonyl (C=O) groups excluding carboxylic acids is 2. The van der Waals surface area contributed by atoms with Gasteiger partial charge in [0, 0.05) is 22.0 Å². The van der Waals surface area contributed by atoms with E-state index in [4.69, 9.17) is 15.2 Å². The second kappa shape index (κ2) is 11.4. The van der Waals surface area contributed by atoms with Crippen LogP contribution >= 0.6 is 15.9 Å². The number of anilines is 1. The molecule has 0 fully saturated rings. The molecule has 9 heteroatoms. The molecule has 0 saturated heterocycles. The maximum absolute atomic E-state index is 12.2. The highest BCUT2D eigenvalue weighted by Crippen LogP contribution is 2.30. The van der Waals surface area contributed by atoms with Crippen molar-refractivity contribution in [1.29, 1.82) is 0 Å². The van der Waals surface area contributed by atoms with Gasteiger partial charge in [-0.05, 0) is 44.0 Å². The van der Waals surface area contributed by atoms with E-state index in [1.165, 1.54) is 0 Å². The lowest BCUT2D eigenvalue weighted by Crippen LogP contribution is -2.18. The van der Waals surface area contributed by atoms with Crippen LogP contribution in [0.25, 0.3) is 10.9 Å². The highest BCUT2D eigenvalue weighted by Gasteiger charge is 2.10. The van der Waals surface area contributed by atoms with E-state index in [2.05, 4.69) is 31.2 Å². The number of nitrogens with one attached hydrogen (secondary N) is 1. The van der Waals surface area contributed by atoms with Crippen LogP contribution in [0.3, 0.4) is 0 Å². The Labute approximate surface area is 194 Å². The highest BCUT2D eigenvalue weighted by atomic mass is 79.9. The van der Waals surface area contributed by atoms with Crippen molar-refractivity contribution in [3.63, 3.8) is 0 Å². The minimum Gasteiger partial charge on any atom is -0.491 e. The molecule has 3 N–H and O–H groups in total. The van der Waals surface area contributed by atoms with Gasteiger partial charge in [0.1, 0.15) is 17.6 Å². The Morgan fingerprint density at radius 3 is 2.66 bits per heavy atom. The van der Waals surface area contributed by atoms with E-state index in [0.29, 0.717) is 18.7 Å². The summed E-state index contributed by atoms with van der Waals surface area (Å²) in [6, 6.07) is 10.6. The first-order valence-corrected chi connectivity index (χ1v) is 11.1. The smallest absolute Gasteiger partial charge is 0.410 e. The Bertz CT molecular complexity index is 1110. The van der Waals surface area contributed by atoms with Gasteiger partial charge in [-0.1, -0.05) is 40.9 Å². The number of halogens is 1. The van der Waals surface area contributed by atoms with Gasteiger partial charge in [-0.25, -0.2) is 14.8 Å². The second-order valence-corrected chi connectivity index (χ2v) is 8.15. The summed E-state index contributed by atoms with van der Waals surface area (Å²) in [4.78, 5) is 31.7. The first-order valence-electron chi connectivity index (χ1n) is 10.3.